The molecule has 0 saturated carbocycles. The van der Waals surface area contributed by atoms with Gasteiger partial charge in [0, 0.05) is 24.8 Å². The van der Waals surface area contributed by atoms with Gasteiger partial charge in [0.1, 0.15) is 12.6 Å². The van der Waals surface area contributed by atoms with Crippen LogP contribution in [0.15, 0.2) is 30.3 Å². The molecule has 0 spiro atoms. The molecule has 4 atom stereocenters. The van der Waals surface area contributed by atoms with Crippen LogP contribution in [0.25, 0.3) is 0 Å². The molecule has 1 heterocycles. The zero-order chi connectivity index (χ0) is 20.9. The zero-order valence-corrected chi connectivity index (χ0v) is 16.9. The molecule has 1 aromatic rings. The number of nitrogens with zero attached hydrogens (tertiary/aromatic N) is 1. The molecule has 0 aromatic heterocycles. The van der Waals surface area contributed by atoms with E-state index in [9.17, 15) is 24.3 Å². The first-order valence-corrected chi connectivity index (χ1v) is 9.97. The van der Waals surface area contributed by atoms with E-state index >= 15 is 0 Å². The van der Waals surface area contributed by atoms with Crippen LogP contribution in [0.2, 0.25) is 0 Å². The van der Waals surface area contributed by atoms with Gasteiger partial charge in [-0.3, -0.25) is 10.1 Å². The Morgan fingerprint density at radius 2 is 1.93 bits per heavy atom. The summed E-state index contributed by atoms with van der Waals surface area (Å²) in [6.45, 7) is 4.54. The molecule has 28 heavy (non-hydrogen) atoms. The van der Waals surface area contributed by atoms with Crippen molar-refractivity contribution in [3.63, 3.8) is 0 Å². The number of benzene rings is 1. The molecule has 3 amide bonds. The lowest BCUT2D eigenvalue weighted by atomic mass is 10.1. The third kappa shape index (κ3) is 4.90. The van der Waals surface area contributed by atoms with Crippen LogP contribution in [-0.2, 0) is 14.3 Å². The number of amides is 3. The molecule has 9 heteroatoms. The van der Waals surface area contributed by atoms with Crippen molar-refractivity contribution in [1.29, 1.82) is 0 Å². The molecule has 0 bridgehead atoms. The lowest BCUT2D eigenvalue weighted by Crippen LogP contribution is -2.61. The van der Waals surface area contributed by atoms with Crippen LogP contribution in [0, 0.1) is 5.92 Å². The van der Waals surface area contributed by atoms with Crippen LogP contribution < -0.4 is 5.32 Å². The second kappa shape index (κ2) is 9.20. The number of hydrogen-bond acceptors (Lipinski definition) is 6. The number of imide groups is 1. The van der Waals surface area contributed by atoms with Gasteiger partial charge in [0.15, 0.2) is 11.2 Å². The number of thioether (sulfide) groups is 1. The molecule has 2 N–H and O–H groups in total. The van der Waals surface area contributed by atoms with E-state index in [1.807, 2.05) is 6.07 Å². The van der Waals surface area contributed by atoms with Gasteiger partial charge in [-0.05, 0) is 26.0 Å². The van der Waals surface area contributed by atoms with E-state index in [1.54, 1.807) is 38.1 Å². The Morgan fingerprint density at radius 3 is 2.50 bits per heavy atom. The second-order valence-corrected chi connectivity index (χ2v) is 8.18. The maximum Gasteiger partial charge on any atom is 0.521 e. The highest BCUT2D eigenvalue weighted by Gasteiger charge is 2.58. The molecule has 1 unspecified atom stereocenters. The normalized spacial score (nSPS) is 25.0. The summed E-state index contributed by atoms with van der Waals surface area (Å²) in [7, 11) is 0. The maximum absolute atomic E-state index is 13.0. The van der Waals surface area contributed by atoms with Crippen molar-refractivity contribution in [2.24, 2.45) is 5.92 Å². The summed E-state index contributed by atoms with van der Waals surface area (Å²) in [6.07, 6.45) is -2.41. The third-order valence-corrected chi connectivity index (χ3v) is 5.91. The minimum Gasteiger partial charge on any atom is -0.440 e. The van der Waals surface area contributed by atoms with E-state index in [1.165, 1.54) is 6.92 Å². The number of quaternary nitrogens is 1. The van der Waals surface area contributed by atoms with Crippen molar-refractivity contribution in [3.05, 3.63) is 30.3 Å². The van der Waals surface area contributed by atoms with Crippen molar-refractivity contribution in [3.8, 4) is 0 Å². The molecule has 1 aromatic carbocycles. The number of likely N-dealkylation sites (tertiary alicyclic amines) is 1. The summed E-state index contributed by atoms with van der Waals surface area (Å²) >= 11 is 0.993. The van der Waals surface area contributed by atoms with Gasteiger partial charge in [0.05, 0.1) is 5.92 Å². The van der Waals surface area contributed by atoms with E-state index in [-0.39, 0.29) is 23.8 Å². The van der Waals surface area contributed by atoms with Gasteiger partial charge in [-0.25, -0.2) is 9.59 Å². The Balaban J connectivity index is 2.08. The van der Waals surface area contributed by atoms with Gasteiger partial charge in [-0.1, -0.05) is 30.0 Å². The minimum absolute atomic E-state index is 0.130. The number of anilines is 1. The molecule has 1 aliphatic rings. The van der Waals surface area contributed by atoms with Crippen molar-refractivity contribution < 1.29 is 33.5 Å². The fourth-order valence-corrected chi connectivity index (χ4v) is 4.04. The smallest absolute Gasteiger partial charge is 0.440 e. The molecule has 8 nitrogen and oxygen atoms in total. The molecule has 1 fully saturated rings. The van der Waals surface area contributed by atoms with Crippen molar-refractivity contribution in [2.45, 2.75) is 39.3 Å². The van der Waals surface area contributed by atoms with Crippen LogP contribution in [0.4, 0.5) is 15.3 Å². The summed E-state index contributed by atoms with van der Waals surface area (Å²) in [5.74, 6) is -0.888. The summed E-state index contributed by atoms with van der Waals surface area (Å²) in [4.78, 5) is 48.3. The molecule has 152 valence electrons. The summed E-state index contributed by atoms with van der Waals surface area (Å²) in [6, 6.07) is 8.19. The highest BCUT2D eigenvalue weighted by Crippen LogP contribution is 2.33. The monoisotopic (exact) mass is 409 g/mol. The summed E-state index contributed by atoms with van der Waals surface area (Å²) in [5, 5.41) is 12.3. The SMILES string of the molecule is CC(=O)SCC(C)C(=O)[N@@+]1(C(=O)O)C[C@H](OC(=O)Nc2ccccc2)C[C@H]1C. The van der Waals surface area contributed by atoms with Crippen LogP contribution in [-0.4, -0.2) is 57.2 Å². The highest BCUT2D eigenvalue weighted by atomic mass is 32.2. The van der Waals surface area contributed by atoms with Gasteiger partial charge in [0.2, 0.25) is 0 Å². The number of rotatable bonds is 5. The molecular formula is C19H25N2O6S+. The fraction of sp³-hybridized carbons (Fsp3) is 0.474. The number of para-hydroxylation sites is 1. The van der Waals surface area contributed by atoms with Crippen molar-refractivity contribution in [1.82, 2.24) is 0 Å². The van der Waals surface area contributed by atoms with E-state index in [0.717, 1.165) is 11.8 Å². The van der Waals surface area contributed by atoms with Gasteiger partial charge in [-0.2, -0.15) is 9.28 Å². The average Bonchev–Trinajstić information content (AvgIpc) is 2.96. The van der Waals surface area contributed by atoms with Crippen LogP contribution in [0.5, 0.6) is 0 Å². The molecule has 1 aliphatic heterocycles. The first-order valence-electron chi connectivity index (χ1n) is 8.98. The lowest BCUT2D eigenvalue weighted by Gasteiger charge is -2.31. The van der Waals surface area contributed by atoms with Crippen LogP contribution in [0.3, 0.4) is 0 Å². The fourth-order valence-electron chi connectivity index (χ4n) is 3.42. The number of nitrogens with one attached hydrogen (secondary N) is 1. The topological polar surface area (TPSA) is 110 Å². The summed E-state index contributed by atoms with van der Waals surface area (Å²) < 4.78 is 4.58. The van der Waals surface area contributed by atoms with E-state index in [0.29, 0.717) is 5.69 Å². The third-order valence-electron chi connectivity index (χ3n) is 4.83. The lowest BCUT2D eigenvalue weighted by molar-refractivity contribution is -0.795. The van der Waals surface area contributed by atoms with Gasteiger partial charge >= 0.3 is 18.1 Å². The van der Waals surface area contributed by atoms with Gasteiger partial charge < -0.3 is 9.84 Å². The predicted octanol–water partition coefficient (Wildman–Crippen LogP) is 3.33. The standard InChI is InChI=1S/C19H24N2O6S/c1-12(11-28-14(3)22)17(23)21(19(25)26)10-16(9-13(21)2)27-18(24)20-15-7-5-4-6-8-15/h4-8,12-13,16H,9-11H2,1-3H3,(H-,20,24,25,26)/p+1/t12?,13-,16-,21-/m1/s1. The van der Waals surface area contributed by atoms with Crippen molar-refractivity contribution in [2.75, 3.05) is 17.6 Å². The van der Waals surface area contributed by atoms with Gasteiger partial charge in [0.25, 0.3) is 0 Å². The average molecular weight is 409 g/mol. The van der Waals surface area contributed by atoms with Crippen LogP contribution in [0.1, 0.15) is 27.2 Å². The van der Waals surface area contributed by atoms with Crippen LogP contribution >= 0.6 is 11.8 Å². The van der Waals surface area contributed by atoms with E-state index in [4.69, 9.17) is 4.74 Å². The van der Waals surface area contributed by atoms with Crippen molar-refractivity contribution >= 4 is 40.7 Å². The Labute approximate surface area is 167 Å². The molecular weight excluding hydrogens is 384 g/mol. The van der Waals surface area contributed by atoms with E-state index in [2.05, 4.69) is 5.32 Å². The first-order chi connectivity index (χ1) is 13.2. The predicted molar refractivity (Wildman–Crippen MR) is 105 cm³/mol. The first kappa shape index (κ1) is 21.9. The quantitative estimate of drug-likeness (QED) is 0.718. The number of hydrogen-bond donors (Lipinski definition) is 2. The minimum atomic E-state index is -1.27. The molecule has 0 radical (unpaired) electrons. The Morgan fingerprint density at radius 1 is 1.29 bits per heavy atom. The number of carboxylic acid groups (broad SMARTS) is 1. The number of carbonyl (C=O) groups excluding carboxylic acids is 3. The highest BCUT2D eigenvalue weighted by molar-refractivity contribution is 8.13. The maximum atomic E-state index is 13.0. The largest absolute Gasteiger partial charge is 0.521 e. The zero-order valence-electron chi connectivity index (χ0n) is 16.1. The molecule has 0 aliphatic carbocycles. The second-order valence-electron chi connectivity index (χ2n) is 6.98. The summed E-state index contributed by atoms with van der Waals surface area (Å²) in [5.41, 5.74) is 0.559. The van der Waals surface area contributed by atoms with E-state index < -0.39 is 40.6 Å². The van der Waals surface area contributed by atoms with Gasteiger partial charge in [-0.15, -0.1) is 0 Å². The number of ether oxygens (including phenoxy) is 1. The molecule has 2 rings (SSSR count). The Kier molecular flexibility index (Phi) is 7.20. The molecule has 1 saturated heterocycles. The Hall–Kier alpha value is -2.39. The Bertz CT molecular complexity index is 756. The number of carbonyl (C=O) groups is 4.